The summed E-state index contributed by atoms with van der Waals surface area (Å²) in [5.41, 5.74) is 5.16. The smallest absolute Gasteiger partial charge is 0.248 e. The van der Waals surface area contributed by atoms with Crippen molar-refractivity contribution in [3.8, 4) is 5.75 Å². The maximum absolute atomic E-state index is 13.7. The Balaban J connectivity index is 1.71. The number of halogens is 1. The number of carbonyl (C=O) groups is 1. The predicted octanol–water partition coefficient (Wildman–Crippen LogP) is 0.825. The second-order valence-electron chi connectivity index (χ2n) is 4.57. The minimum atomic E-state index is -0.687. The van der Waals surface area contributed by atoms with Crippen molar-refractivity contribution >= 4 is 5.91 Å². The van der Waals surface area contributed by atoms with E-state index in [9.17, 15) is 9.18 Å². The number of primary amides is 1. The molecule has 1 amide bonds. The topological polar surface area (TPSA) is 95.9 Å². The van der Waals surface area contributed by atoms with Gasteiger partial charge in [0.05, 0.1) is 6.04 Å². The molecule has 8 heteroatoms. The van der Waals surface area contributed by atoms with Crippen molar-refractivity contribution in [3.63, 3.8) is 0 Å². The van der Waals surface area contributed by atoms with Crippen molar-refractivity contribution in [1.82, 2.24) is 20.2 Å². The number of hydrogen-bond acceptors (Lipinski definition) is 5. The van der Waals surface area contributed by atoms with E-state index in [-0.39, 0.29) is 17.9 Å². The predicted molar refractivity (Wildman–Crippen MR) is 65.3 cm³/mol. The third kappa shape index (κ3) is 2.44. The third-order valence-electron chi connectivity index (χ3n) is 3.03. The Hall–Kier alpha value is -2.51. The molecule has 2 N–H and O–H groups in total. The average Bonchev–Trinajstić information content (AvgIpc) is 3.16. The SMILES string of the molecule is NC(=O)c1ccc(OCc2nnnn2C2CC2)c(F)c1. The van der Waals surface area contributed by atoms with Gasteiger partial charge in [-0.1, -0.05) is 0 Å². The van der Waals surface area contributed by atoms with E-state index in [4.69, 9.17) is 10.5 Å². The molecule has 1 saturated carbocycles. The molecule has 104 valence electrons. The molecule has 1 heterocycles. The molecule has 0 spiro atoms. The van der Waals surface area contributed by atoms with Crippen LogP contribution < -0.4 is 10.5 Å². The molecule has 2 aromatic rings. The molecule has 0 radical (unpaired) electrons. The van der Waals surface area contributed by atoms with E-state index in [0.717, 1.165) is 18.9 Å². The summed E-state index contributed by atoms with van der Waals surface area (Å²) in [5, 5.41) is 11.3. The van der Waals surface area contributed by atoms with Gasteiger partial charge in [-0.3, -0.25) is 4.79 Å². The zero-order valence-electron chi connectivity index (χ0n) is 10.5. The van der Waals surface area contributed by atoms with Gasteiger partial charge in [0.25, 0.3) is 0 Å². The Morgan fingerprint density at radius 1 is 1.50 bits per heavy atom. The molecule has 0 aliphatic heterocycles. The van der Waals surface area contributed by atoms with E-state index in [0.29, 0.717) is 11.9 Å². The van der Waals surface area contributed by atoms with Gasteiger partial charge in [0.1, 0.15) is 6.61 Å². The van der Waals surface area contributed by atoms with Crippen LogP contribution >= 0.6 is 0 Å². The van der Waals surface area contributed by atoms with Crippen molar-refractivity contribution in [2.45, 2.75) is 25.5 Å². The van der Waals surface area contributed by atoms with Crippen LogP contribution in [0, 0.1) is 5.82 Å². The fraction of sp³-hybridized carbons (Fsp3) is 0.333. The molecule has 3 rings (SSSR count). The summed E-state index contributed by atoms with van der Waals surface area (Å²) in [5.74, 6) is -0.758. The van der Waals surface area contributed by atoms with Gasteiger partial charge < -0.3 is 10.5 Å². The molecular formula is C12H12FN5O2. The van der Waals surface area contributed by atoms with Gasteiger partial charge >= 0.3 is 0 Å². The minimum absolute atomic E-state index is 0.0281. The maximum Gasteiger partial charge on any atom is 0.248 e. The van der Waals surface area contributed by atoms with Crippen LogP contribution in [0.1, 0.15) is 35.1 Å². The largest absolute Gasteiger partial charge is 0.482 e. The highest BCUT2D eigenvalue weighted by Crippen LogP contribution is 2.34. The summed E-state index contributed by atoms with van der Waals surface area (Å²) in [6.07, 6.45) is 2.08. The Kier molecular flexibility index (Phi) is 3.05. The molecule has 0 saturated heterocycles. The second-order valence-corrected chi connectivity index (χ2v) is 4.57. The average molecular weight is 277 g/mol. The van der Waals surface area contributed by atoms with Crippen LogP contribution in [0.2, 0.25) is 0 Å². The summed E-state index contributed by atoms with van der Waals surface area (Å²) < 4.78 is 20.8. The molecule has 0 unspecified atom stereocenters. The van der Waals surface area contributed by atoms with Gasteiger partial charge in [0, 0.05) is 5.56 Å². The third-order valence-corrected chi connectivity index (χ3v) is 3.03. The molecule has 7 nitrogen and oxygen atoms in total. The van der Waals surface area contributed by atoms with E-state index >= 15 is 0 Å². The molecule has 1 aliphatic carbocycles. The summed E-state index contributed by atoms with van der Waals surface area (Å²) in [6, 6.07) is 4.14. The van der Waals surface area contributed by atoms with E-state index < -0.39 is 11.7 Å². The van der Waals surface area contributed by atoms with Gasteiger partial charge in [-0.05, 0) is 41.5 Å². The highest BCUT2D eigenvalue weighted by atomic mass is 19.1. The van der Waals surface area contributed by atoms with Crippen LogP contribution in [0.25, 0.3) is 0 Å². The van der Waals surface area contributed by atoms with Crippen molar-refractivity contribution in [2.75, 3.05) is 0 Å². The number of amides is 1. The lowest BCUT2D eigenvalue weighted by atomic mass is 10.2. The highest BCUT2D eigenvalue weighted by molar-refractivity contribution is 5.92. The van der Waals surface area contributed by atoms with Crippen molar-refractivity contribution in [1.29, 1.82) is 0 Å². The molecule has 0 atom stereocenters. The molecule has 1 fully saturated rings. The molecule has 0 bridgehead atoms. The van der Waals surface area contributed by atoms with Crippen LogP contribution in [0.15, 0.2) is 18.2 Å². The number of aromatic nitrogens is 4. The summed E-state index contributed by atoms with van der Waals surface area (Å²) in [4.78, 5) is 10.9. The number of tetrazole rings is 1. The molecular weight excluding hydrogens is 265 g/mol. The van der Waals surface area contributed by atoms with Crippen LogP contribution in [0.5, 0.6) is 5.75 Å². The number of hydrogen-bond donors (Lipinski definition) is 1. The standard InChI is InChI=1S/C12H12FN5O2/c13-9-5-7(12(14)19)1-4-10(9)20-6-11-15-16-17-18(11)8-2-3-8/h1,4-5,8H,2-3,6H2,(H2,14,19). The van der Waals surface area contributed by atoms with Gasteiger partial charge in [-0.25, -0.2) is 9.07 Å². The minimum Gasteiger partial charge on any atom is -0.482 e. The molecule has 20 heavy (non-hydrogen) atoms. The first-order valence-electron chi connectivity index (χ1n) is 6.14. The molecule has 1 aromatic carbocycles. The highest BCUT2D eigenvalue weighted by Gasteiger charge is 2.27. The Morgan fingerprint density at radius 3 is 2.95 bits per heavy atom. The van der Waals surface area contributed by atoms with Crippen LogP contribution in [-0.4, -0.2) is 26.1 Å². The monoisotopic (exact) mass is 277 g/mol. The first-order valence-corrected chi connectivity index (χ1v) is 6.14. The number of ether oxygens (including phenoxy) is 1. The Bertz CT molecular complexity index is 653. The zero-order chi connectivity index (χ0) is 14.1. The van der Waals surface area contributed by atoms with Gasteiger partial charge in [-0.2, -0.15) is 0 Å². The van der Waals surface area contributed by atoms with Gasteiger partial charge in [0.15, 0.2) is 17.4 Å². The van der Waals surface area contributed by atoms with Crippen LogP contribution in [-0.2, 0) is 6.61 Å². The lowest BCUT2D eigenvalue weighted by molar-refractivity contribution is 0.0999. The fourth-order valence-corrected chi connectivity index (χ4v) is 1.82. The Morgan fingerprint density at radius 2 is 2.30 bits per heavy atom. The van der Waals surface area contributed by atoms with Gasteiger partial charge in [-0.15, -0.1) is 5.10 Å². The number of carbonyl (C=O) groups excluding carboxylic acids is 1. The van der Waals surface area contributed by atoms with Crippen LogP contribution in [0.4, 0.5) is 4.39 Å². The molecule has 1 aromatic heterocycles. The maximum atomic E-state index is 13.7. The molecule has 1 aliphatic rings. The Labute approximate surface area is 113 Å². The summed E-state index contributed by atoms with van der Waals surface area (Å²) >= 11 is 0. The number of nitrogens with two attached hydrogens (primary N) is 1. The van der Waals surface area contributed by atoms with E-state index in [1.807, 2.05) is 0 Å². The van der Waals surface area contributed by atoms with Gasteiger partial charge in [0.2, 0.25) is 5.91 Å². The summed E-state index contributed by atoms with van der Waals surface area (Å²) in [7, 11) is 0. The fourth-order valence-electron chi connectivity index (χ4n) is 1.82. The zero-order valence-corrected chi connectivity index (χ0v) is 10.5. The van der Waals surface area contributed by atoms with E-state index in [1.165, 1.54) is 12.1 Å². The lowest BCUT2D eigenvalue weighted by Gasteiger charge is -2.07. The number of benzene rings is 1. The normalized spacial score (nSPS) is 14.2. The van der Waals surface area contributed by atoms with E-state index in [2.05, 4.69) is 15.5 Å². The summed E-state index contributed by atoms with van der Waals surface area (Å²) in [6.45, 7) is 0.0658. The quantitative estimate of drug-likeness (QED) is 0.873. The number of rotatable bonds is 5. The van der Waals surface area contributed by atoms with Crippen molar-refractivity contribution in [3.05, 3.63) is 35.4 Å². The number of nitrogens with zero attached hydrogens (tertiary/aromatic N) is 4. The van der Waals surface area contributed by atoms with E-state index in [1.54, 1.807) is 4.68 Å². The van der Waals surface area contributed by atoms with Crippen molar-refractivity contribution < 1.29 is 13.9 Å². The first-order chi connectivity index (χ1) is 9.65. The lowest BCUT2D eigenvalue weighted by Crippen LogP contribution is -2.12. The first kappa shape index (κ1) is 12.5. The van der Waals surface area contributed by atoms with Crippen LogP contribution in [0.3, 0.4) is 0 Å². The van der Waals surface area contributed by atoms with Crippen molar-refractivity contribution in [2.24, 2.45) is 5.73 Å². The second kappa shape index (κ2) is 4.87.